The quantitative estimate of drug-likeness (QED) is 0.666. The van der Waals surface area contributed by atoms with Crippen molar-refractivity contribution in [1.82, 2.24) is 20.5 Å². The Balaban J connectivity index is 1.82. The first-order valence-electron chi connectivity index (χ1n) is 6.99. The zero-order valence-corrected chi connectivity index (χ0v) is 12.3. The van der Waals surface area contributed by atoms with E-state index < -0.39 is 5.91 Å². The molecular formula is C16H14N4O3. The van der Waals surface area contributed by atoms with Crippen LogP contribution in [0.25, 0.3) is 10.9 Å². The third kappa shape index (κ3) is 3.18. The first-order chi connectivity index (χ1) is 11.0. The van der Waals surface area contributed by atoms with Crippen molar-refractivity contribution in [3.8, 4) is 0 Å². The van der Waals surface area contributed by atoms with Crippen LogP contribution in [0.4, 0.5) is 0 Å². The minimum atomic E-state index is -0.468. The number of aromatic nitrogens is 3. The van der Waals surface area contributed by atoms with Gasteiger partial charge in [0.2, 0.25) is 0 Å². The van der Waals surface area contributed by atoms with Crippen molar-refractivity contribution >= 4 is 16.8 Å². The van der Waals surface area contributed by atoms with Crippen LogP contribution in [-0.2, 0) is 6.54 Å². The van der Waals surface area contributed by atoms with Crippen LogP contribution in [0, 0.1) is 6.92 Å². The van der Waals surface area contributed by atoms with Gasteiger partial charge in [-0.25, -0.2) is 5.10 Å². The molecule has 116 valence electrons. The van der Waals surface area contributed by atoms with Crippen molar-refractivity contribution in [3.05, 3.63) is 73.9 Å². The van der Waals surface area contributed by atoms with Crippen molar-refractivity contribution in [2.75, 3.05) is 0 Å². The number of hydrogen-bond donors (Lipinski definition) is 3. The number of rotatable bonds is 3. The lowest BCUT2D eigenvalue weighted by molar-refractivity contribution is 0.0944. The summed E-state index contributed by atoms with van der Waals surface area (Å²) in [5.74, 6) is -0.468. The molecule has 0 aliphatic rings. The lowest BCUT2D eigenvalue weighted by atomic mass is 10.1. The average Bonchev–Trinajstić information content (AvgIpc) is 2.53. The Bertz CT molecular complexity index is 984. The van der Waals surface area contributed by atoms with E-state index in [-0.39, 0.29) is 23.4 Å². The molecule has 0 saturated heterocycles. The highest BCUT2D eigenvalue weighted by Crippen LogP contribution is 2.13. The summed E-state index contributed by atoms with van der Waals surface area (Å²) in [5.41, 5.74) is 1.72. The molecule has 0 bridgehead atoms. The summed E-state index contributed by atoms with van der Waals surface area (Å²) in [6.07, 6.45) is 0. The Hall–Kier alpha value is -3.22. The second-order valence-electron chi connectivity index (χ2n) is 5.20. The molecule has 0 unspecified atom stereocenters. The normalized spacial score (nSPS) is 10.7. The van der Waals surface area contributed by atoms with Gasteiger partial charge in [0, 0.05) is 23.7 Å². The monoisotopic (exact) mass is 310 g/mol. The van der Waals surface area contributed by atoms with Crippen molar-refractivity contribution in [1.29, 1.82) is 0 Å². The number of carbonyl (C=O) groups is 1. The van der Waals surface area contributed by atoms with E-state index in [9.17, 15) is 14.4 Å². The molecule has 2 heterocycles. The van der Waals surface area contributed by atoms with E-state index in [0.717, 1.165) is 16.5 Å². The van der Waals surface area contributed by atoms with Crippen LogP contribution in [-0.4, -0.2) is 21.1 Å². The van der Waals surface area contributed by atoms with Gasteiger partial charge in [0.25, 0.3) is 17.0 Å². The fourth-order valence-corrected chi connectivity index (χ4v) is 2.24. The first-order valence-corrected chi connectivity index (χ1v) is 6.99. The molecule has 0 radical (unpaired) electrons. The molecule has 0 fully saturated rings. The fourth-order valence-electron chi connectivity index (χ4n) is 2.24. The number of carbonyl (C=O) groups excluding carboxylic acids is 1. The van der Waals surface area contributed by atoms with E-state index in [2.05, 4.69) is 20.5 Å². The summed E-state index contributed by atoms with van der Waals surface area (Å²) in [5, 5.41) is 9.34. The van der Waals surface area contributed by atoms with Gasteiger partial charge >= 0.3 is 0 Å². The van der Waals surface area contributed by atoms with Crippen LogP contribution >= 0.6 is 0 Å². The van der Waals surface area contributed by atoms with Gasteiger partial charge in [-0.15, -0.1) is 0 Å². The predicted molar refractivity (Wildman–Crippen MR) is 85.3 cm³/mol. The van der Waals surface area contributed by atoms with Crippen LogP contribution in [0.2, 0.25) is 0 Å². The van der Waals surface area contributed by atoms with Gasteiger partial charge < -0.3 is 10.3 Å². The standard InChI is InChI=1S/C16H14N4O3/c1-9-2-3-12-10(6-9)7-11(15(22)18-12)8-17-16(23)13-4-5-14(21)20-19-13/h2-7H,8H2,1H3,(H,17,23)(H,18,22)(H,20,21). The molecule has 2 aromatic heterocycles. The highest BCUT2D eigenvalue weighted by Gasteiger charge is 2.09. The van der Waals surface area contributed by atoms with E-state index in [1.807, 2.05) is 25.1 Å². The zero-order chi connectivity index (χ0) is 16.4. The summed E-state index contributed by atoms with van der Waals surface area (Å²) < 4.78 is 0. The van der Waals surface area contributed by atoms with Crippen LogP contribution in [0.15, 0.2) is 46.0 Å². The second-order valence-corrected chi connectivity index (χ2v) is 5.20. The average molecular weight is 310 g/mol. The number of hydrogen-bond acceptors (Lipinski definition) is 4. The van der Waals surface area contributed by atoms with Crippen LogP contribution < -0.4 is 16.4 Å². The third-order valence-electron chi connectivity index (χ3n) is 3.43. The first kappa shape index (κ1) is 14.7. The Morgan fingerprint density at radius 3 is 2.74 bits per heavy atom. The number of H-pyrrole nitrogens is 2. The number of aryl methyl sites for hydroxylation is 1. The molecule has 0 aliphatic carbocycles. The van der Waals surface area contributed by atoms with Gasteiger partial charge in [-0.05, 0) is 36.6 Å². The molecule has 7 nitrogen and oxygen atoms in total. The van der Waals surface area contributed by atoms with Crippen LogP contribution in [0.3, 0.4) is 0 Å². The maximum Gasteiger partial charge on any atom is 0.271 e. The fraction of sp³-hybridized carbons (Fsp3) is 0.125. The minimum absolute atomic E-state index is 0.0683. The summed E-state index contributed by atoms with van der Waals surface area (Å²) in [6.45, 7) is 2.03. The predicted octanol–water partition coefficient (Wildman–Crippen LogP) is 0.850. The Morgan fingerprint density at radius 2 is 2.00 bits per heavy atom. The Labute approximate surface area is 130 Å². The highest BCUT2D eigenvalue weighted by atomic mass is 16.2. The molecule has 23 heavy (non-hydrogen) atoms. The number of nitrogens with zero attached hydrogens (tertiary/aromatic N) is 1. The molecule has 0 saturated carbocycles. The molecule has 3 N–H and O–H groups in total. The number of fused-ring (bicyclic) bond motifs is 1. The van der Waals surface area contributed by atoms with Crippen molar-refractivity contribution < 1.29 is 4.79 Å². The molecule has 0 spiro atoms. The number of aromatic amines is 2. The van der Waals surface area contributed by atoms with E-state index in [1.54, 1.807) is 6.07 Å². The van der Waals surface area contributed by atoms with E-state index in [0.29, 0.717) is 5.56 Å². The molecule has 3 aromatic rings. The van der Waals surface area contributed by atoms with Crippen molar-refractivity contribution in [2.24, 2.45) is 0 Å². The van der Waals surface area contributed by atoms with Crippen molar-refractivity contribution in [3.63, 3.8) is 0 Å². The van der Waals surface area contributed by atoms with Crippen molar-refractivity contribution in [2.45, 2.75) is 13.5 Å². The maximum absolute atomic E-state index is 12.0. The van der Waals surface area contributed by atoms with E-state index in [4.69, 9.17) is 0 Å². The SMILES string of the molecule is Cc1ccc2[nH]c(=O)c(CNC(=O)c3ccc(=O)[nH]n3)cc2c1. The molecule has 1 amide bonds. The molecule has 0 atom stereocenters. The maximum atomic E-state index is 12.0. The second kappa shape index (κ2) is 5.88. The molecular weight excluding hydrogens is 296 g/mol. The summed E-state index contributed by atoms with van der Waals surface area (Å²) >= 11 is 0. The smallest absolute Gasteiger partial charge is 0.271 e. The highest BCUT2D eigenvalue weighted by molar-refractivity contribution is 5.92. The summed E-state index contributed by atoms with van der Waals surface area (Å²) in [6, 6.07) is 10.0. The summed E-state index contributed by atoms with van der Waals surface area (Å²) in [4.78, 5) is 37.7. The minimum Gasteiger partial charge on any atom is -0.346 e. The molecule has 3 rings (SSSR count). The van der Waals surface area contributed by atoms with E-state index in [1.165, 1.54) is 12.1 Å². The zero-order valence-electron chi connectivity index (χ0n) is 12.3. The van der Waals surface area contributed by atoms with Gasteiger partial charge in [0.15, 0.2) is 0 Å². The van der Waals surface area contributed by atoms with Gasteiger partial charge in [-0.3, -0.25) is 14.4 Å². The Kier molecular flexibility index (Phi) is 3.76. The lowest BCUT2D eigenvalue weighted by Crippen LogP contribution is -2.28. The van der Waals surface area contributed by atoms with Crippen LogP contribution in [0.5, 0.6) is 0 Å². The lowest BCUT2D eigenvalue weighted by Gasteiger charge is -2.06. The summed E-state index contributed by atoms with van der Waals surface area (Å²) in [7, 11) is 0. The van der Waals surface area contributed by atoms with Gasteiger partial charge in [-0.2, -0.15) is 5.10 Å². The molecule has 7 heteroatoms. The number of nitrogens with one attached hydrogen (secondary N) is 3. The number of benzene rings is 1. The van der Waals surface area contributed by atoms with Gasteiger partial charge in [-0.1, -0.05) is 11.6 Å². The molecule has 0 aliphatic heterocycles. The van der Waals surface area contributed by atoms with E-state index >= 15 is 0 Å². The number of amides is 1. The van der Waals surface area contributed by atoms with Gasteiger partial charge in [0.1, 0.15) is 5.69 Å². The van der Waals surface area contributed by atoms with Crippen LogP contribution in [0.1, 0.15) is 21.6 Å². The molecule has 1 aromatic carbocycles. The Morgan fingerprint density at radius 1 is 1.17 bits per heavy atom. The largest absolute Gasteiger partial charge is 0.346 e. The third-order valence-corrected chi connectivity index (χ3v) is 3.43. The topological polar surface area (TPSA) is 108 Å². The van der Waals surface area contributed by atoms with Gasteiger partial charge in [0.05, 0.1) is 0 Å². The number of pyridine rings is 1.